The van der Waals surface area contributed by atoms with Crippen molar-refractivity contribution in [3.05, 3.63) is 17.5 Å². The maximum atomic E-state index is 12.1. The largest absolute Gasteiger partial charge is 0.360 e. The molecule has 1 aliphatic heterocycles. The molecule has 1 saturated heterocycles. The van der Waals surface area contributed by atoms with Gasteiger partial charge in [-0.1, -0.05) is 5.16 Å². The summed E-state index contributed by atoms with van der Waals surface area (Å²) >= 11 is 0. The van der Waals surface area contributed by atoms with Crippen molar-refractivity contribution in [3.8, 4) is 0 Å². The van der Waals surface area contributed by atoms with Gasteiger partial charge in [0, 0.05) is 45.7 Å². The van der Waals surface area contributed by atoms with Gasteiger partial charge in [-0.05, 0) is 31.6 Å². The molecule has 1 N–H and O–H groups in total. The van der Waals surface area contributed by atoms with Crippen LogP contribution in [0.3, 0.4) is 0 Å². The fourth-order valence-corrected chi connectivity index (χ4v) is 3.99. The molecule has 1 aliphatic carbocycles. The number of nitrogens with one attached hydrogen (secondary N) is 1. The Balaban J connectivity index is 1.45. The highest BCUT2D eigenvalue weighted by Gasteiger charge is 2.31. The van der Waals surface area contributed by atoms with Crippen molar-refractivity contribution in [3.63, 3.8) is 0 Å². The van der Waals surface area contributed by atoms with E-state index in [1.807, 2.05) is 0 Å². The van der Waals surface area contributed by atoms with Gasteiger partial charge in [0.25, 0.3) is 16.1 Å². The van der Waals surface area contributed by atoms with Crippen LogP contribution in [0, 0.1) is 5.92 Å². The van der Waals surface area contributed by atoms with Crippen LogP contribution in [0.1, 0.15) is 47.8 Å². The summed E-state index contributed by atoms with van der Waals surface area (Å²) in [6.07, 6.45) is 3.67. The molecule has 2 aliphatic rings. The quantitative estimate of drug-likeness (QED) is 0.813. The summed E-state index contributed by atoms with van der Waals surface area (Å²) in [6, 6.07) is 1.72. The Hall–Kier alpha value is -1.45. The van der Waals surface area contributed by atoms with Crippen LogP contribution in [0.4, 0.5) is 0 Å². The standard InChI is InChI=1S/C15H24N4O4S/c1-18(2)24(21,22)19-7-5-11(6-8-19)10-16-15(20)13-9-14(23-17-13)12-3-4-12/h9,11-12H,3-8,10H2,1-2H3,(H,16,20). The van der Waals surface area contributed by atoms with Crippen LogP contribution in [0.2, 0.25) is 0 Å². The van der Waals surface area contributed by atoms with Gasteiger partial charge >= 0.3 is 0 Å². The van der Waals surface area contributed by atoms with E-state index in [9.17, 15) is 13.2 Å². The molecule has 0 bridgehead atoms. The van der Waals surface area contributed by atoms with Crippen LogP contribution in [-0.4, -0.2) is 61.8 Å². The molecule has 0 atom stereocenters. The van der Waals surface area contributed by atoms with Gasteiger partial charge in [-0.15, -0.1) is 0 Å². The normalized spacial score (nSPS) is 20.5. The van der Waals surface area contributed by atoms with Crippen molar-refractivity contribution in [1.29, 1.82) is 0 Å². The van der Waals surface area contributed by atoms with E-state index < -0.39 is 10.2 Å². The second-order valence-corrected chi connectivity index (χ2v) is 8.87. The number of nitrogens with zero attached hydrogens (tertiary/aromatic N) is 3. The first-order valence-corrected chi connectivity index (χ1v) is 9.70. The van der Waals surface area contributed by atoms with E-state index in [-0.39, 0.29) is 11.8 Å². The molecule has 1 amide bonds. The zero-order valence-electron chi connectivity index (χ0n) is 14.1. The molecular weight excluding hydrogens is 332 g/mol. The highest BCUT2D eigenvalue weighted by molar-refractivity contribution is 7.86. The average molecular weight is 356 g/mol. The lowest BCUT2D eigenvalue weighted by Crippen LogP contribution is -2.45. The van der Waals surface area contributed by atoms with Crippen LogP contribution < -0.4 is 5.32 Å². The van der Waals surface area contributed by atoms with Crippen molar-refractivity contribution in [2.24, 2.45) is 5.92 Å². The third kappa shape index (κ3) is 3.79. The van der Waals surface area contributed by atoms with Gasteiger partial charge in [0.2, 0.25) is 0 Å². The first kappa shape index (κ1) is 17.4. The highest BCUT2D eigenvalue weighted by Crippen LogP contribution is 2.40. The smallest absolute Gasteiger partial charge is 0.281 e. The Kier molecular flexibility index (Phi) is 4.93. The third-order valence-corrected chi connectivity index (χ3v) is 6.59. The topological polar surface area (TPSA) is 95.8 Å². The molecule has 0 aromatic carbocycles. The van der Waals surface area contributed by atoms with Gasteiger partial charge in [0.15, 0.2) is 5.69 Å². The second-order valence-electron chi connectivity index (χ2n) is 6.73. The van der Waals surface area contributed by atoms with E-state index in [0.717, 1.165) is 31.4 Å². The molecule has 1 aromatic heterocycles. The average Bonchev–Trinajstić information content (AvgIpc) is 3.30. The number of rotatable bonds is 6. The van der Waals surface area contributed by atoms with Gasteiger partial charge in [-0.3, -0.25) is 4.79 Å². The van der Waals surface area contributed by atoms with E-state index in [0.29, 0.717) is 31.2 Å². The molecular formula is C15H24N4O4S. The van der Waals surface area contributed by atoms with Crippen LogP contribution in [-0.2, 0) is 10.2 Å². The molecule has 134 valence electrons. The fourth-order valence-electron chi connectivity index (χ4n) is 2.86. The predicted molar refractivity (Wildman–Crippen MR) is 87.7 cm³/mol. The summed E-state index contributed by atoms with van der Waals surface area (Å²) in [5, 5.41) is 6.70. The maximum absolute atomic E-state index is 12.1. The van der Waals surface area contributed by atoms with Crippen LogP contribution >= 0.6 is 0 Å². The zero-order valence-corrected chi connectivity index (χ0v) is 14.9. The van der Waals surface area contributed by atoms with Crippen molar-refractivity contribution >= 4 is 16.1 Å². The lowest BCUT2D eigenvalue weighted by atomic mass is 9.98. The Bertz CT molecular complexity index is 688. The predicted octanol–water partition coefficient (Wildman–Crippen LogP) is 0.800. The molecule has 0 spiro atoms. The minimum absolute atomic E-state index is 0.228. The molecule has 0 unspecified atom stereocenters. The Labute approximate surface area is 142 Å². The fraction of sp³-hybridized carbons (Fsp3) is 0.733. The Morgan fingerprint density at radius 2 is 2.00 bits per heavy atom. The summed E-state index contributed by atoms with van der Waals surface area (Å²) in [4.78, 5) is 12.1. The molecule has 0 radical (unpaired) electrons. The first-order valence-electron chi connectivity index (χ1n) is 8.30. The number of carbonyl (C=O) groups is 1. The zero-order chi connectivity index (χ0) is 17.3. The summed E-state index contributed by atoms with van der Waals surface area (Å²) in [5.74, 6) is 1.27. The minimum Gasteiger partial charge on any atom is -0.360 e. The number of piperidine rings is 1. The van der Waals surface area contributed by atoms with Crippen molar-refractivity contribution in [1.82, 2.24) is 19.1 Å². The van der Waals surface area contributed by atoms with Gasteiger partial charge in [-0.25, -0.2) is 0 Å². The van der Waals surface area contributed by atoms with E-state index in [1.54, 1.807) is 6.07 Å². The number of hydrogen-bond acceptors (Lipinski definition) is 5. The summed E-state index contributed by atoms with van der Waals surface area (Å²) < 4.78 is 32.0. The third-order valence-electron chi connectivity index (χ3n) is 4.65. The molecule has 24 heavy (non-hydrogen) atoms. The Morgan fingerprint density at radius 1 is 1.33 bits per heavy atom. The molecule has 8 nitrogen and oxygen atoms in total. The van der Waals surface area contributed by atoms with E-state index in [4.69, 9.17) is 4.52 Å². The van der Waals surface area contributed by atoms with Gasteiger partial charge in [-0.2, -0.15) is 17.0 Å². The molecule has 9 heteroatoms. The van der Waals surface area contributed by atoms with Crippen LogP contribution in [0.5, 0.6) is 0 Å². The summed E-state index contributed by atoms with van der Waals surface area (Å²) in [6.45, 7) is 1.49. The van der Waals surface area contributed by atoms with E-state index >= 15 is 0 Å². The summed E-state index contributed by atoms with van der Waals surface area (Å²) in [7, 11) is -0.266. The lowest BCUT2D eigenvalue weighted by molar-refractivity contribution is 0.0932. The van der Waals surface area contributed by atoms with Gasteiger partial charge in [0.05, 0.1) is 0 Å². The number of carbonyl (C=O) groups excluding carboxylic acids is 1. The van der Waals surface area contributed by atoms with Gasteiger partial charge < -0.3 is 9.84 Å². The number of aromatic nitrogens is 1. The lowest BCUT2D eigenvalue weighted by Gasteiger charge is -2.32. The molecule has 2 heterocycles. The van der Waals surface area contributed by atoms with Crippen LogP contribution in [0.25, 0.3) is 0 Å². The monoisotopic (exact) mass is 356 g/mol. The minimum atomic E-state index is -3.34. The Morgan fingerprint density at radius 3 is 2.58 bits per heavy atom. The SMILES string of the molecule is CN(C)S(=O)(=O)N1CCC(CNC(=O)c2cc(C3CC3)on2)CC1. The maximum Gasteiger partial charge on any atom is 0.281 e. The molecule has 1 saturated carbocycles. The number of amides is 1. The first-order chi connectivity index (χ1) is 11.4. The second kappa shape index (κ2) is 6.81. The van der Waals surface area contributed by atoms with Crippen molar-refractivity contribution in [2.45, 2.75) is 31.6 Å². The van der Waals surface area contributed by atoms with Crippen LogP contribution in [0.15, 0.2) is 10.6 Å². The van der Waals surface area contributed by atoms with Gasteiger partial charge in [0.1, 0.15) is 5.76 Å². The molecule has 3 rings (SSSR count). The molecule has 2 fully saturated rings. The van der Waals surface area contributed by atoms with Crippen molar-refractivity contribution < 1.29 is 17.7 Å². The molecule has 1 aromatic rings. The van der Waals surface area contributed by atoms with Crippen molar-refractivity contribution in [2.75, 3.05) is 33.7 Å². The summed E-state index contributed by atoms with van der Waals surface area (Å²) in [5.41, 5.74) is 0.324. The van der Waals surface area contributed by atoms with E-state index in [2.05, 4.69) is 10.5 Å². The van der Waals surface area contributed by atoms with E-state index in [1.165, 1.54) is 22.7 Å². The highest BCUT2D eigenvalue weighted by atomic mass is 32.2. The number of hydrogen-bond donors (Lipinski definition) is 1.